The van der Waals surface area contributed by atoms with E-state index in [9.17, 15) is 26.4 Å². The molecule has 12 heteroatoms. The number of sulfonamides is 1. The van der Waals surface area contributed by atoms with Gasteiger partial charge in [0, 0.05) is 13.0 Å². The molecular formula is C7H7F3N4O3S2. The lowest BCUT2D eigenvalue weighted by molar-refractivity contribution is -0.138. The van der Waals surface area contributed by atoms with Crippen LogP contribution in [0.5, 0.6) is 0 Å². The molecule has 1 atom stereocenters. The topological polar surface area (TPSA) is 106 Å². The summed E-state index contributed by atoms with van der Waals surface area (Å²) >= 11 is 0.176. The van der Waals surface area contributed by atoms with E-state index in [1.165, 1.54) is 0 Å². The summed E-state index contributed by atoms with van der Waals surface area (Å²) in [6.07, 6.45) is -5.03. The molecule has 0 spiro atoms. The zero-order valence-corrected chi connectivity index (χ0v) is 10.7. The molecule has 1 amide bonds. The van der Waals surface area contributed by atoms with Crippen LogP contribution in [0.1, 0.15) is 11.4 Å². The smallest absolute Gasteiger partial charge is 0.285 e. The molecule has 1 unspecified atom stereocenters. The highest BCUT2D eigenvalue weighted by Gasteiger charge is 2.41. The van der Waals surface area contributed by atoms with Gasteiger partial charge in [0.25, 0.3) is 0 Å². The molecule has 1 aliphatic heterocycles. The summed E-state index contributed by atoms with van der Waals surface area (Å²) < 4.78 is 59.2. The quantitative estimate of drug-likeness (QED) is 0.823. The lowest BCUT2D eigenvalue weighted by Gasteiger charge is -2.11. The lowest BCUT2D eigenvalue weighted by atomic mass is 10.4. The Bertz CT molecular complexity index is 611. The summed E-state index contributed by atoms with van der Waals surface area (Å²) in [4.78, 5) is 12.4. The van der Waals surface area contributed by atoms with Crippen LogP contribution in [-0.2, 0) is 21.0 Å². The predicted molar refractivity (Wildman–Crippen MR) is 58.8 cm³/mol. The van der Waals surface area contributed by atoms with E-state index >= 15 is 0 Å². The van der Waals surface area contributed by atoms with Gasteiger partial charge in [0.1, 0.15) is 5.25 Å². The van der Waals surface area contributed by atoms with Crippen molar-refractivity contribution >= 4 is 32.4 Å². The maximum atomic E-state index is 12.3. The number of nitrogens with two attached hydrogens (primary N) is 1. The molecule has 106 valence electrons. The molecule has 2 rings (SSSR count). The molecule has 1 aromatic rings. The van der Waals surface area contributed by atoms with Crippen molar-refractivity contribution < 1.29 is 26.4 Å². The Labute approximate surface area is 109 Å². The van der Waals surface area contributed by atoms with Crippen LogP contribution in [0.4, 0.5) is 18.3 Å². The van der Waals surface area contributed by atoms with Gasteiger partial charge in [-0.3, -0.25) is 9.69 Å². The van der Waals surface area contributed by atoms with Crippen LogP contribution in [0.3, 0.4) is 0 Å². The highest BCUT2D eigenvalue weighted by molar-refractivity contribution is 7.89. The molecule has 2 N–H and O–H groups in total. The summed E-state index contributed by atoms with van der Waals surface area (Å²) in [5, 5.41) is 8.44. The Hall–Kier alpha value is -1.27. The van der Waals surface area contributed by atoms with Crippen molar-refractivity contribution in [3.63, 3.8) is 0 Å². The lowest BCUT2D eigenvalue weighted by Crippen LogP contribution is -2.32. The van der Waals surface area contributed by atoms with Crippen molar-refractivity contribution in [3.8, 4) is 0 Å². The Morgan fingerprint density at radius 1 is 1.37 bits per heavy atom. The maximum absolute atomic E-state index is 12.3. The number of halogens is 3. The number of alkyl halides is 3. The number of amides is 1. The second-order valence-electron chi connectivity index (χ2n) is 3.81. The molecule has 0 aliphatic carbocycles. The average molecular weight is 316 g/mol. The van der Waals surface area contributed by atoms with Crippen LogP contribution in [0.25, 0.3) is 0 Å². The van der Waals surface area contributed by atoms with E-state index in [1.807, 2.05) is 0 Å². The fraction of sp³-hybridized carbons (Fsp3) is 0.571. The predicted octanol–water partition coefficient (Wildman–Crippen LogP) is -0.0493. The van der Waals surface area contributed by atoms with Crippen molar-refractivity contribution in [2.24, 2.45) is 5.14 Å². The van der Waals surface area contributed by atoms with Gasteiger partial charge >= 0.3 is 6.18 Å². The van der Waals surface area contributed by atoms with Gasteiger partial charge in [0.15, 0.2) is 0 Å². The molecule has 0 bridgehead atoms. The van der Waals surface area contributed by atoms with E-state index in [2.05, 4.69) is 10.2 Å². The van der Waals surface area contributed by atoms with Gasteiger partial charge in [-0.1, -0.05) is 11.3 Å². The molecule has 2 heterocycles. The highest BCUT2D eigenvalue weighted by atomic mass is 32.2. The molecule has 1 aromatic heterocycles. The molecular weight excluding hydrogens is 309 g/mol. The van der Waals surface area contributed by atoms with E-state index in [4.69, 9.17) is 5.14 Å². The molecule has 7 nitrogen and oxygen atoms in total. The molecule has 1 aliphatic rings. The zero-order chi connectivity index (χ0) is 14.4. The molecule has 1 fully saturated rings. The number of carbonyl (C=O) groups excluding carboxylic acids is 1. The number of anilines is 1. The summed E-state index contributed by atoms with van der Waals surface area (Å²) in [5.41, 5.74) is 0. The number of primary sulfonamides is 1. The van der Waals surface area contributed by atoms with Gasteiger partial charge in [0.2, 0.25) is 26.1 Å². The third kappa shape index (κ3) is 2.84. The number of hydrogen-bond donors (Lipinski definition) is 1. The van der Waals surface area contributed by atoms with Gasteiger partial charge < -0.3 is 0 Å². The van der Waals surface area contributed by atoms with Crippen molar-refractivity contribution in [2.75, 3.05) is 11.4 Å². The molecule has 19 heavy (non-hydrogen) atoms. The van der Waals surface area contributed by atoms with Gasteiger partial charge in [-0.15, -0.1) is 10.2 Å². The van der Waals surface area contributed by atoms with E-state index in [-0.39, 0.29) is 29.4 Å². The normalized spacial score (nSPS) is 21.2. The first kappa shape index (κ1) is 14.1. The van der Waals surface area contributed by atoms with Crippen molar-refractivity contribution in [1.29, 1.82) is 0 Å². The Kier molecular flexibility index (Phi) is 3.26. The minimum absolute atomic E-state index is 0.176. The SMILES string of the molecule is NS(=O)(=O)C1CC(=O)N(c2nnc(C(F)(F)F)s2)C1. The summed E-state index contributed by atoms with van der Waals surface area (Å²) in [6.45, 7) is -0.315. The third-order valence-corrected chi connectivity index (χ3v) is 4.68. The largest absolute Gasteiger partial charge is 0.445 e. The van der Waals surface area contributed by atoms with Crippen LogP contribution in [-0.4, -0.2) is 36.3 Å². The fourth-order valence-corrected chi connectivity index (χ4v) is 2.99. The van der Waals surface area contributed by atoms with Gasteiger partial charge in [-0.25, -0.2) is 13.6 Å². The molecule has 0 radical (unpaired) electrons. The van der Waals surface area contributed by atoms with Crippen LogP contribution in [0.15, 0.2) is 0 Å². The zero-order valence-electron chi connectivity index (χ0n) is 9.09. The summed E-state index contributed by atoms with van der Waals surface area (Å²) in [5.74, 6) is -0.649. The summed E-state index contributed by atoms with van der Waals surface area (Å²) in [6, 6.07) is 0. The van der Waals surface area contributed by atoms with Gasteiger partial charge in [-0.05, 0) is 0 Å². The van der Waals surface area contributed by atoms with Gasteiger partial charge in [0.05, 0.1) is 0 Å². The van der Waals surface area contributed by atoms with Crippen LogP contribution in [0, 0.1) is 0 Å². The van der Waals surface area contributed by atoms with E-state index in [1.54, 1.807) is 0 Å². The summed E-state index contributed by atoms with van der Waals surface area (Å²) in [7, 11) is -3.93. The van der Waals surface area contributed by atoms with Crippen LogP contribution < -0.4 is 10.0 Å². The first-order valence-electron chi connectivity index (χ1n) is 4.81. The van der Waals surface area contributed by atoms with Crippen molar-refractivity contribution in [3.05, 3.63) is 5.01 Å². The van der Waals surface area contributed by atoms with Crippen LogP contribution >= 0.6 is 11.3 Å². The fourth-order valence-electron chi connectivity index (χ4n) is 1.52. The number of hydrogen-bond acceptors (Lipinski definition) is 6. The number of rotatable bonds is 2. The molecule has 1 saturated heterocycles. The van der Waals surface area contributed by atoms with Crippen LogP contribution in [0.2, 0.25) is 0 Å². The average Bonchev–Trinajstić information content (AvgIpc) is 2.80. The Balaban J connectivity index is 2.24. The second-order valence-corrected chi connectivity index (χ2v) is 6.61. The minimum Gasteiger partial charge on any atom is -0.285 e. The maximum Gasteiger partial charge on any atom is 0.445 e. The van der Waals surface area contributed by atoms with Crippen molar-refractivity contribution in [2.45, 2.75) is 17.8 Å². The number of carbonyl (C=O) groups is 1. The third-order valence-electron chi connectivity index (χ3n) is 2.44. The second kappa shape index (κ2) is 4.38. The van der Waals surface area contributed by atoms with E-state index in [0.29, 0.717) is 0 Å². The number of nitrogens with zero attached hydrogens (tertiary/aromatic N) is 3. The molecule has 0 aromatic carbocycles. The Morgan fingerprint density at radius 3 is 2.42 bits per heavy atom. The van der Waals surface area contributed by atoms with Gasteiger partial charge in [-0.2, -0.15) is 13.2 Å². The molecule has 0 saturated carbocycles. The highest BCUT2D eigenvalue weighted by Crippen LogP contribution is 2.35. The minimum atomic E-state index is -4.65. The standard InChI is InChI=1S/C7H7F3N4O3S2/c8-7(9,10)5-12-13-6(18-5)14-2-3(1-4(14)15)19(11,16)17/h3H,1-2H2,(H2,11,16,17). The van der Waals surface area contributed by atoms with E-state index in [0.717, 1.165) is 4.90 Å². The first-order valence-corrected chi connectivity index (χ1v) is 7.24. The first-order chi connectivity index (χ1) is 8.59. The Morgan fingerprint density at radius 2 is 2.00 bits per heavy atom. The van der Waals surface area contributed by atoms with E-state index < -0.39 is 32.4 Å². The monoisotopic (exact) mass is 316 g/mol. The van der Waals surface area contributed by atoms with Crippen molar-refractivity contribution in [1.82, 2.24) is 10.2 Å². The number of aromatic nitrogens is 2.